The van der Waals surface area contributed by atoms with Gasteiger partial charge < -0.3 is 10.0 Å². The lowest BCUT2D eigenvalue weighted by Crippen LogP contribution is -2.33. The van der Waals surface area contributed by atoms with Gasteiger partial charge in [0.2, 0.25) is 5.91 Å². The van der Waals surface area contributed by atoms with E-state index >= 15 is 0 Å². The van der Waals surface area contributed by atoms with E-state index in [1.807, 2.05) is 0 Å². The van der Waals surface area contributed by atoms with Crippen molar-refractivity contribution in [3.8, 4) is 0 Å². The van der Waals surface area contributed by atoms with Crippen molar-refractivity contribution in [1.29, 1.82) is 0 Å². The highest BCUT2D eigenvalue weighted by Crippen LogP contribution is 2.39. The van der Waals surface area contributed by atoms with E-state index in [9.17, 15) is 18.0 Å². The second-order valence-corrected chi connectivity index (χ2v) is 6.44. The molecule has 2 unspecified atom stereocenters. The topological polar surface area (TPSA) is 91.8 Å². The zero-order valence-electron chi connectivity index (χ0n) is 9.21. The van der Waals surface area contributed by atoms with E-state index in [0.717, 1.165) is 6.26 Å². The van der Waals surface area contributed by atoms with Crippen molar-refractivity contribution < 1.29 is 23.1 Å². The Labute approximate surface area is 94.2 Å². The number of carbonyl (C=O) groups excluding carboxylic acids is 1. The summed E-state index contributed by atoms with van der Waals surface area (Å²) in [5.74, 6) is -2.40. The first-order chi connectivity index (χ1) is 7.22. The van der Waals surface area contributed by atoms with Crippen LogP contribution in [0.2, 0.25) is 0 Å². The first-order valence-electron chi connectivity index (χ1n) is 4.88. The van der Waals surface area contributed by atoms with Crippen LogP contribution < -0.4 is 0 Å². The number of hydrogen-bond acceptors (Lipinski definition) is 4. The summed E-state index contributed by atoms with van der Waals surface area (Å²) in [4.78, 5) is 23.4. The highest BCUT2D eigenvalue weighted by Gasteiger charge is 2.49. The van der Waals surface area contributed by atoms with Crippen molar-refractivity contribution in [2.75, 3.05) is 25.6 Å². The maximum atomic E-state index is 11.6. The van der Waals surface area contributed by atoms with Gasteiger partial charge in [0, 0.05) is 19.8 Å². The molecule has 0 heterocycles. The molecule has 6 nitrogen and oxygen atoms in total. The number of sulfone groups is 1. The van der Waals surface area contributed by atoms with Crippen molar-refractivity contribution in [3.05, 3.63) is 0 Å². The standard InChI is InChI=1S/C9H15NO5S/c1-10(3-4-16(2,14)15)8(11)6-5-7(6)9(12)13/h6-7H,3-5H2,1-2H3,(H,12,13). The fourth-order valence-corrected chi connectivity index (χ4v) is 2.04. The molecule has 1 aliphatic rings. The third kappa shape index (κ3) is 3.48. The van der Waals surface area contributed by atoms with Crippen molar-refractivity contribution >= 4 is 21.7 Å². The van der Waals surface area contributed by atoms with Crippen molar-refractivity contribution in [1.82, 2.24) is 4.90 Å². The molecule has 16 heavy (non-hydrogen) atoms. The summed E-state index contributed by atoms with van der Waals surface area (Å²) in [6.45, 7) is 0.112. The number of amides is 1. The van der Waals surface area contributed by atoms with Crippen molar-refractivity contribution in [3.63, 3.8) is 0 Å². The third-order valence-electron chi connectivity index (χ3n) is 2.60. The molecule has 0 bridgehead atoms. The van der Waals surface area contributed by atoms with Crippen LogP contribution in [-0.2, 0) is 19.4 Å². The van der Waals surface area contributed by atoms with Gasteiger partial charge in [-0.2, -0.15) is 0 Å². The minimum absolute atomic E-state index is 0.0975. The van der Waals surface area contributed by atoms with E-state index in [1.54, 1.807) is 0 Å². The smallest absolute Gasteiger partial charge is 0.307 e. The molecule has 1 fully saturated rings. The van der Waals surface area contributed by atoms with Gasteiger partial charge in [-0.05, 0) is 6.42 Å². The van der Waals surface area contributed by atoms with Crippen LogP contribution in [0.5, 0.6) is 0 Å². The van der Waals surface area contributed by atoms with Gasteiger partial charge in [-0.3, -0.25) is 9.59 Å². The summed E-state index contributed by atoms with van der Waals surface area (Å²) < 4.78 is 21.8. The first kappa shape index (κ1) is 13.0. The van der Waals surface area contributed by atoms with Gasteiger partial charge >= 0.3 is 5.97 Å². The fraction of sp³-hybridized carbons (Fsp3) is 0.778. The van der Waals surface area contributed by atoms with Gasteiger partial charge in [-0.15, -0.1) is 0 Å². The highest BCUT2D eigenvalue weighted by molar-refractivity contribution is 7.90. The number of carboxylic acid groups (broad SMARTS) is 1. The Morgan fingerprint density at radius 1 is 1.38 bits per heavy atom. The number of nitrogens with zero attached hydrogens (tertiary/aromatic N) is 1. The minimum atomic E-state index is -3.10. The van der Waals surface area contributed by atoms with Gasteiger partial charge in [0.15, 0.2) is 0 Å². The van der Waals surface area contributed by atoms with E-state index in [1.165, 1.54) is 11.9 Å². The SMILES string of the molecule is CN(CCS(C)(=O)=O)C(=O)C1CC1C(=O)O. The third-order valence-corrected chi connectivity index (χ3v) is 3.52. The van der Waals surface area contributed by atoms with Crippen molar-refractivity contribution in [2.45, 2.75) is 6.42 Å². The maximum absolute atomic E-state index is 11.6. The summed E-state index contributed by atoms with van der Waals surface area (Å²) in [6.07, 6.45) is 1.46. The lowest BCUT2D eigenvalue weighted by molar-refractivity contribution is -0.141. The van der Waals surface area contributed by atoms with E-state index in [4.69, 9.17) is 5.11 Å². The average Bonchev–Trinajstić information content (AvgIpc) is 2.91. The fourth-order valence-electron chi connectivity index (χ4n) is 1.44. The average molecular weight is 249 g/mol. The van der Waals surface area contributed by atoms with Crippen LogP contribution in [0.4, 0.5) is 0 Å². The molecule has 0 radical (unpaired) electrons. The molecule has 0 aliphatic heterocycles. The normalized spacial score (nSPS) is 23.9. The molecule has 1 N–H and O–H groups in total. The van der Waals surface area contributed by atoms with Crippen LogP contribution in [0.25, 0.3) is 0 Å². The number of rotatable bonds is 5. The van der Waals surface area contributed by atoms with E-state index in [0.29, 0.717) is 6.42 Å². The molecule has 0 saturated heterocycles. The second-order valence-electron chi connectivity index (χ2n) is 4.18. The Balaban J connectivity index is 2.42. The predicted octanol–water partition coefficient (Wildman–Crippen LogP) is -0.790. The molecule has 92 valence electrons. The molecule has 0 spiro atoms. The van der Waals surface area contributed by atoms with Gasteiger partial charge in [0.25, 0.3) is 0 Å². The molecule has 0 aromatic rings. The zero-order chi connectivity index (χ0) is 12.5. The number of carboxylic acids is 1. The second kappa shape index (κ2) is 4.40. The lowest BCUT2D eigenvalue weighted by atomic mass is 10.3. The van der Waals surface area contributed by atoms with Crippen LogP contribution >= 0.6 is 0 Å². The van der Waals surface area contributed by atoms with E-state index in [-0.39, 0.29) is 18.2 Å². The van der Waals surface area contributed by atoms with Crippen LogP contribution in [0, 0.1) is 11.8 Å². The molecular formula is C9H15NO5S. The van der Waals surface area contributed by atoms with E-state index in [2.05, 4.69) is 0 Å². The molecule has 0 aromatic carbocycles. The zero-order valence-corrected chi connectivity index (χ0v) is 10.0. The van der Waals surface area contributed by atoms with Gasteiger partial charge in [0.1, 0.15) is 9.84 Å². The molecule has 1 amide bonds. The van der Waals surface area contributed by atoms with Crippen LogP contribution in [0.15, 0.2) is 0 Å². The van der Waals surface area contributed by atoms with Crippen molar-refractivity contribution in [2.24, 2.45) is 11.8 Å². The quantitative estimate of drug-likeness (QED) is 0.689. The Morgan fingerprint density at radius 2 is 1.94 bits per heavy atom. The monoisotopic (exact) mass is 249 g/mol. The molecule has 1 aliphatic carbocycles. The van der Waals surface area contributed by atoms with Crippen LogP contribution in [0.3, 0.4) is 0 Å². The molecule has 1 rings (SSSR count). The Hall–Kier alpha value is -1.11. The summed E-state index contributed by atoms with van der Waals surface area (Å²) in [7, 11) is -1.61. The van der Waals surface area contributed by atoms with Gasteiger partial charge in [-0.25, -0.2) is 8.42 Å². The number of aliphatic carboxylic acids is 1. The molecule has 7 heteroatoms. The highest BCUT2D eigenvalue weighted by atomic mass is 32.2. The van der Waals surface area contributed by atoms with Crippen LogP contribution in [-0.4, -0.2) is 55.9 Å². The Kier molecular flexibility index (Phi) is 3.57. The van der Waals surface area contributed by atoms with E-state index < -0.39 is 27.6 Å². The minimum Gasteiger partial charge on any atom is -0.481 e. The molecular weight excluding hydrogens is 234 g/mol. The summed E-state index contributed by atoms with van der Waals surface area (Å²) in [5, 5.41) is 8.65. The summed E-state index contributed by atoms with van der Waals surface area (Å²) in [6, 6.07) is 0. The maximum Gasteiger partial charge on any atom is 0.307 e. The molecule has 0 aromatic heterocycles. The Morgan fingerprint density at radius 3 is 2.31 bits per heavy atom. The number of hydrogen-bond donors (Lipinski definition) is 1. The van der Waals surface area contributed by atoms with Gasteiger partial charge in [0.05, 0.1) is 17.6 Å². The first-order valence-corrected chi connectivity index (χ1v) is 6.94. The number of carbonyl (C=O) groups is 2. The van der Waals surface area contributed by atoms with Crippen LogP contribution in [0.1, 0.15) is 6.42 Å². The predicted molar refractivity (Wildman–Crippen MR) is 56.6 cm³/mol. The Bertz CT molecular complexity index is 402. The summed E-state index contributed by atoms with van der Waals surface area (Å²) in [5.41, 5.74) is 0. The molecule has 1 saturated carbocycles. The largest absolute Gasteiger partial charge is 0.481 e. The summed E-state index contributed by atoms with van der Waals surface area (Å²) >= 11 is 0. The lowest BCUT2D eigenvalue weighted by Gasteiger charge is -2.16. The molecule has 2 atom stereocenters. The van der Waals surface area contributed by atoms with Gasteiger partial charge in [-0.1, -0.05) is 0 Å².